The van der Waals surface area contributed by atoms with E-state index in [4.69, 9.17) is 10.5 Å². The zero-order valence-corrected chi connectivity index (χ0v) is 17.9. The molecule has 0 saturated heterocycles. The van der Waals surface area contributed by atoms with Crippen molar-refractivity contribution in [3.63, 3.8) is 0 Å². The normalized spacial score (nSPS) is 11.3. The maximum atomic E-state index is 13.2. The third-order valence-electron chi connectivity index (χ3n) is 4.73. The summed E-state index contributed by atoms with van der Waals surface area (Å²) in [7, 11) is -2.18. The van der Waals surface area contributed by atoms with E-state index in [1.807, 2.05) is 6.07 Å². The highest BCUT2D eigenvalue weighted by Crippen LogP contribution is 2.23. The van der Waals surface area contributed by atoms with Crippen molar-refractivity contribution >= 4 is 15.8 Å². The fraction of sp³-hybridized carbons (Fsp3) is 0.238. The molecule has 3 rings (SSSR count). The first-order valence-corrected chi connectivity index (χ1v) is 10.9. The fourth-order valence-corrected chi connectivity index (χ4v) is 4.44. The molecule has 10 heteroatoms. The van der Waals surface area contributed by atoms with Crippen LogP contribution in [0.3, 0.4) is 0 Å². The number of rotatable bonds is 8. The predicted molar refractivity (Wildman–Crippen MR) is 114 cm³/mol. The minimum absolute atomic E-state index is 0.151. The van der Waals surface area contributed by atoms with Gasteiger partial charge in [-0.15, -0.1) is 0 Å². The van der Waals surface area contributed by atoms with E-state index in [-0.39, 0.29) is 22.8 Å². The molecule has 3 aromatic rings. The summed E-state index contributed by atoms with van der Waals surface area (Å²) < 4.78 is 47.4. The van der Waals surface area contributed by atoms with Crippen molar-refractivity contribution in [2.75, 3.05) is 19.4 Å². The SMILES string of the molecule is COc1ccc(S(=O)(=O)NCCCc2nn(-c3ccc(F)cc3)c(N)c2C#N)c(C)c1. The summed E-state index contributed by atoms with van der Waals surface area (Å²) in [5.41, 5.74) is 7.80. The first kappa shape index (κ1) is 22.3. The Bertz CT molecular complexity index is 1230. The highest BCUT2D eigenvalue weighted by molar-refractivity contribution is 7.89. The van der Waals surface area contributed by atoms with Gasteiger partial charge in [-0.05, 0) is 67.8 Å². The van der Waals surface area contributed by atoms with Crippen LogP contribution >= 0.6 is 0 Å². The topological polar surface area (TPSA) is 123 Å². The zero-order valence-electron chi connectivity index (χ0n) is 17.1. The van der Waals surface area contributed by atoms with E-state index in [0.717, 1.165) is 0 Å². The van der Waals surface area contributed by atoms with E-state index >= 15 is 0 Å². The smallest absolute Gasteiger partial charge is 0.240 e. The lowest BCUT2D eigenvalue weighted by atomic mass is 10.1. The molecule has 0 aliphatic rings. The van der Waals surface area contributed by atoms with Crippen molar-refractivity contribution in [2.45, 2.75) is 24.7 Å². The molecule has 0 saturated carbocycles. The van der Waals surface area contributed by atoms with Crippen LogP contribution in [-0.4, -0.2) is 31.9 Å². The molecule has 0 amide bonds. The van der Waals surface area contributed by atoms with Gasteiger partial charge in [-0.2, -0.15) is 10.4 Å². The van der Waals surface area contributed by atoms with Gasteiger partial charge >= 0.3 is 0 Å². The Morgan fingerprint density at radius 2 is 1.97 bits per heavy atom. The summed E-state index contributed by atoms with van der Waals surface area (Å²) in [5.74, 6) is 0.336. The van der Waals surface area contributed by atoms with E-state index in [1.165, 1.54) is 42.1 Å². The Morgan fingerprint density at radius 1 is 1.26 bits per heavy atom. The lowest BCUT2D eigenvalue weighted by molar-refractivity contribution is 0.414. The zero-order chi connectivity index (χ0) is 22.6. The third-order valence-corrected chi connectivity index (χ3v) is 6.35. The number of nitriles is 1. The van der Waals surface area contributed by atoms with E-state index in [2.05, 4.69) is 9.82 Å². The molecule has 0 spiro atoms. The molecule has 0 atom stereocenters. The van der Waals surface area contributed by atoms with Gasteiger partial charge in [0.2, 0.25) is 10.0 Å². The van der Waals surface area contributed by atoms with Crippen LogP contribution in [0.5, 0.6) is 5.75 Å². The summed E-state index contributed by atoms with van der Waals surface area (Å²) in [5, 5.41) is 13.8. The minimum atomic E-state index is -3.69. The number of aromatic nitrogens is 2. The average molecular weight is 444 g/mol. The Labute approximate surface area is 180 Å². The van der Waals surface area contributed by atoms with Crippen LogP contribution in [0.25, 0.3) is 5.69 Å². The Morgan fingerprint density at radius 3 is 2.58 bits per heavy atom. The lowest BCUT2D eigenvalue weighted by Gasteiger charge is -2.10. The van der Waals surface area contributed by atoms with Gasteiger partial charge in [0.05, 0.1) is 23.4 Å². The second-order valence-electron chi connectivity index (χ2n) is 6.84. The largest absolute Gasteiger partial charge is 0.497 e. The molecule has 0 radical (unpaired) electrons. The molecule has 8 nitrogen and oxygen atoms in total. The second kappa shape index (κ2) is 9.16. The monoisotopic (exact) mass is 443 g/mol. The van der Waals surface area contributed by atoms with Gasteiger partial charge < -0.3 is 10.5 Å². The molecule has 0 aliphatic heterocycles. The van der Waals surface area contributed by atoms with Crippen molar-refractivity contribution in [3.05, 3.63) is 65.1 Å². The summed E-state index contributed by atoms with van der Waals surface area (Å²) in [4.78, 5) is 0.177. The van der Waals surface area contributed by atoms with Gasteiger partial charge in [0.15, 0.2) is 0 Å². The van der Waals surface area contributed by atoms with Gasteiger partial charge in [0.25, 0.3) is 0 Å². The molecule has 1 aromatic heterocycles. The maximum absolute atomic E-state index is 13.2. The van der Waals surface area contributed by atoms with Gasteiger partial charge in [0.1, 0.15) is 29.0 Å². The Kier molecular flexibility index (Phi) is 6.58. The number of benzene rings is 2. The number of ether oxygens (including phenoxy) is 1. The van der Waals surface area contributed by atoms with Crippen molar-refractivity contribution in [1.29, 1.82) is 5.26 Å². The van der Waals surface area contributed by atoms with Gasteiger partial charge in [-0.3, -0.25) is 0 Å². The molecule has 2 aromatic carbocycles. The van der Waals surface area contributed by atoms with Gasteiger partial charge in [0, 0.05) is 6.54 Å². The van der Waals surface area contributed by atoms with Crippen molar-refractivity contribution in [3.8, 4) is 17.5 Å². The number of nitrogens with one attached hydrogen (secondary N) is 1. The molecule has 3 N–H and O–H groups in total. The first-order valence-electron chi connectivity index (χ1n) is 9.44. The first-order chi connectivity index (χ1) is 14.8. The highest BCUT2D eigenvalue weighted by Gasteiger charge is 2.19. The number of sulfonamides is 1. The standard InChI is InChI=1S/C21H22FN5O3S/c1-14-12-17(30-2)9-10-20(14)31(28,29)25-11-3-4-19-18(13-23)21(24)27(26-19)16-7-5-15(22)6-8-16/h5-10,12,25H,3-4,11,24H2,1-2H3. The molecule has 1 heterocycles. The predicted octanol–water partition coefficient (Wildman–Crippen LogP) is 2.69. The molecule has 162 valence electrons. The van der Waals surface area contributed by atoms with Crippen molar-refractivity contribution < 1.29 is 17.5 Å². The second-order valence-corrected chi connectivity index (χ2v) is 8.58. The number of nitrogens with two attached hydrogens (primary N) is 1. The van der Waals surface area contributed by atoms with Crippen LogP contribution in [-0.2, 0) is 16.4 Å². The number of nitrogens with zero attached hydrogens (tertiary/aromatic N) is 3. The van der Waals surface area contributed by atoms with Crippen LogP contribution in [0.4, 0.5) is 10.2 Å². The molecular weight excluding hydrogens is 421 g/mol. The quantitative estimate of drug-likeness (QED) is 0.516. The molecule has 0 aliphatic carbocycles. The lowest BCUT2D eigenvalue weighted by Crippen LogP contribution is -2.25. The maximum Gasteiger partial charge on any atom is 0.240 e. The molecular formula is C21H22FN5O3S. The van der Waals surface area contributed by atoms with E-state index in [9.17, 15) is 18.1 Å². The Balaban J connectivity index is 1.69. The number of hydrogen-bond acceptors (Lipinski definition) is 6. The van der Waals surface area contributed by atoms with Crippen LogP contribution in [0.1, 0.15) is 23.2 Å². The average Bonchev–Trinajstić information content (AvgIpc) is 3.06. The molecule has 0 fully saturated rings. The van der Waals surface area contributed by atoms with Gasteiger partial charge in [-0.25, -0.2) is 22.2 Å². The number of aryl methyl sites for hydroxylation is 2. The van der Waals surface area contributed by atoms with Crippen LogP contribution < -0.4 is 15.2 Å². The van der Waals surface area contributed by atoms with Gasteiger partial charge in [-0.1, -0.05) is 0 Å². The minimum Gasteiger partial charge on any atom is -0.497 e. The van der Waals surface area contributed by atoms with Crippen LogP contribution in [0, 0.1) is 24.1 Å². The van der Waals surface area contributed by atoms with E-state index in [1.54, 1.807) is 19.1 Å². The number of anilines is 1. The molecule has 0 bridgehead atoms. The van der Waals surface area contributed by atoms with Crippen LogP contribution in [0.15, 0.2) is 47.4 Å². The fourth-order valence-electron chi connectivity index (χ4n) is 3.14. The summed E-state index contributed by atoms with van der Waals surface area (Å²) >= 11 is 0. The number of methoxy groups -OCH3 is 1. The van der Waals surface area contributed by atoms with E-state index < -0.39 is 15.8 Å². The summed E-state index contributed by atoms with van der Waals surface area (Å²) in [6.45, 7) is 1.85. The van der Waals surface area contributed by atoms with E-state index in [0.29, 0.717) is 35.5 Å². The number of nitrogen functional groups attached to an aromatic ring is 1. The molecule has 31 heavy (non-hydrogen) atoms. The summed E-state index contributed by atoms with van der Waals surface area (Å²) in [6.07, 6.45) is 0.744. The third kappa shape index (κ3) is 4.84. The number of halogens is 1. The number of hydrogen-bond donors (Lipinski definition) is 2. The van der Waals surface area contributed by atoms with Crippen molar-refractivity contribution in [2.24, 2.45) is 0 Å². The Hall–Kier alpha value is -3.42. The summed E-state index contributed by atoms with van der Waals surface area (Å²) in [6, 6.07) is 12.3. The van der Waals surface area contributed by atoms with Crippen molar-refractivity contribution in [1.82, 2.24) is 14.5 Å². The molecule has 0 unspecified atom stereocenters. The highest BCUT2D eigenvalue weighted by atomic mass is 32.2. The van der Waals surface area contributed by atoms with Crippen LogP contribution in [0.2, 0.25) is 0 Å².